The second kappa shape index (κ2) is 12.1. The average molecular weight is 297 g/mol. The molecule has 1 unspecified atom stereocenters. The lowest BCUT2D eigenvalue weighted by Gasteiger charge is -2.28. The topological polar surface area (TPSA) is 66.8 Å². The molecular formula is C16H27NO4. The number of hydrogen-bond acceptors (Lipinski definition) is 4. The number of carboxylic acids is 1. The van der Waals surface area contributed by atoms with Gasteiger partial charge in [-0.05, 0) is 19.4 Å². The van der Waals surface area contributed by atoms with Crippen LogP contribution in [0.1, 0.15) is 39.0 Å². The maximum atomic E-state index is 12.1. The molecule has 0 aliphatic heterocycles. The highest BCUT2D eigenvalue weighted by Gasteiger charge is 2.26. The molecule has 0 saturated heterocycles. The fourth-order valence-electron chi connectivity index (χ4n) is 2.05. The van der Waals surface area contributed by atoms with E-state index in [1.807, 2.05) is 4.90 Å². The predicted octanol–water partition coefficient (Wildman–Crippen LogP) is 2.63. The van der Waals surface area contributed by atoms with Crippen LogP contribution in [0.2, 0.25) is 0 Å². The van der Waals surface area contributed by atoms with Crippen LogP contribution < -0.4 is 0 Å². The Kier molecular flexibility index (Phi) is 11.2. The molecule has 0 aromatic carbocycles. The van der Waals surface area contributed by atoms with Gasteiger partial charge in [-0.1, -0.05) is 38.5 Å². The van der Waals surface area contributed by atoms with E-state index in [4.69, 9.17) is 9.84 Å². The summed E-state index contributed by atoms with van der Waals surface area (Å²) in [5, 5.41) is 8.84. The van der Waals surface area contributed by atoms with Gasteiger partial charge in [0.2, 0.25) is 0 Å². The molecule has 0 radical (unpaired) electrons. The summed E-state index contributed by atoms with van der Waals surface area (Å²) in [5.74, 6) is -1.31. The molecule has 21 heavy (non-hydrogen) atoms. The number of nitrogens with zero attached hydrogens (tertiary/aromatic N) is 1. The van der Waals surface area contributed by atoms with Gasteiger partial charge >= 0.3 is 11.9 Å². The maximum absolute atomic E-state index is 12.1. The van der Waals surface area contributed by atoms with Gasteiger partial charge in [0.25, 0.3) is 0 Å². The zero-order valence-corrected chi connectivity index (χ0v) is 12.9. The Morgan fingerprint density at radius 2 is 2.00 bits per heavy atom. The van der Waals surface area contributed by atoms with Gasteiger partial charge in [0.1, 0.15) is 12.6 Å². The Hall–Kier alpha value is -1.62. The minimum atomic E-state index is -0.913. The van der Waals surface area contributed by atoms with E-state index in [1.54, 1.807) is 6.08 Å². The summed E-state index contributed by atoms with van der Waals surface area (Å²) in [4.78, 5) is 24.8. The van der Waals surface area contributed by atoms with Crippen molar-refractivity contribution in [2.24, 2.45) is 0 Å². The Morgan fingerprint density at radius 1 is 1.29 bits per heavy atom. The van der Waals surface area contributed by atoms with E-state index < -0.39 is 18.0 Å². The summed E-state index contributed by atoms with van der Waals surface area (Å²) in [6.07, 6.45) is 6.52. The van der Waals surface area contributed by atoms with Crippen LogP contribution in [0, 0.1) is 0 Å². The molecular weight excluding hydrogens is 270 g/mol. The van der Waals surface area contributed by atoms with E-state index in [2.05, 4.69) is 20.1 Å². The highest BCUT2D eigenvalue weighted by molar-refractivity contribution is 5.77. The van der Waals surface area contributed by atoms with E-state index in [9.17, 15) is 9.59 Å². The third-order valence-electron chi connectivity index (χ3n) is 3.10. The second-order valence-electron chi connectivity index (χ2n) is 4.86. The first-order chi connectivity index (χ1) is 10.1. The molecule has 120 valence electrons. The second-order valence-corrected chi connectivity index (χ2v) is 4.86. The largest absolute Gasteiger partial charge is 0.481 e. The molecule has 5 nitrogen and oxygen atoms in total. The number of hydrogen-bond donors (Lipinski definition) is 1. The molecule has 0 fully saturated rings. The van der Waals surface area contributed by atoms with Crippen LogP contribution in [0.15, 0.2) is 25.3 Å². The molecule has 0 bridgehead atoms. The van der Waals surface area contributed by atoms with Gasteiger partial charge in [-0.3, -0.25) is 14.5 Å². The summed E-state index contributed by atoms with van der Waals surface area (Å²) in [7, 11) is 0. The van der Waals surface area contributed by atoms with E-state index in [0.29, 0.717) is 6.54 Å². The van der Waals surface area contributed by atoms with Gasteiger partial charge in [0.05, 0.1) is 0 Å². The molecule has 0 saturated carbocycles. The number of unbranched alkanes of at least 4 members (excludes halogenated alkanes) is 2. The normalized spacial score (nSPS) is 11.9. The number of carbonyl (C=O) groups is 2. The first kappa shape index (κ1) is 19.4. The van der Waals surface area contributed by atoms with Gasteiger partial charge in [-0.25, -0.2) is 0 Å². The minimum absolute atomic E-state index is 0.0602. The van der Waals surface area contributed by atoms with Crippen LogP contribution in [-0.4, -0.2) is 47.7 Å². The third-order valence-corrected chi connectivity index (χ3v) is 3.10. The number of esters is 1. The first-order valence-electron chi connectivity index (χ1n) is 7.41. The van der Waals surface area contributed by atoms with Gasteiger partial charge in [0, 0.05) is 13.0 Å². The Balaban J connectivity index is 4.79. The third kappa shape index (κ3) is 9.02. The minimum Gasteiger partial charge on any atom is -0.481 e. The van der Waals surface area contributed by atoms with Crippen molar-refractivity contribution in [2.75, 3.05) is 19.7 Å². The van der Waals surface area contributed by atoms with Crippen molar-refractivity contribution in [1.29, 1.82) is 0 Å². The van der Waals surface area contributed by atoms with Crippen molar-refractivity contribution >= 4 is 11.9 Å². The molecule has 0 heterocycles. The first-order valence-corrected chi connectivity index (χ1v) is 7.41. The van der Waals surface area contributed by atoms with Crippen LogP contribution in [0.4, 0.5) is 0 Å². The van der Waals surface area contributed by atoms with Gasteiger partial charge in [-0.2, -0.15) is 0 Å². The van der Waals surface area contributed by atoms with Gasteiger partial charge in [-0.15, -0.1) is 6.58 Å². The fraction of sp³-hybridized carbons (Fsp3) is 0.625. The molecule has 0 spiro atoms. The van der Waals surface area contributed by atoms with Crippen LogP contribution >= 0.6 is 0 Å². The standard InChI is InChI=1S/C16H27NO4/c1-4-7-8-12-17(11-5-2)14(9-10-15(18)19)16(20)21-13-6-3/h5-6,14H,2-4,7-13H2,1H3,(H,18,19). The Morgan fingerprint density at radius 3 is 2.52 bits per heavy atom. The Bertz CT molecular complexity index is 341. The Labute approximate surface area is 127 Å². The van der Waals surface area contributed by atoms with Crippen molar-refractivity contribution in [1.82, 2.24) is 4.90 Å². The van der Waals surface area contributed by atoms with Crippen LogP contribution in [0.5, 0.6) is 0 Å². The zero-order valence-electron chi connectivity index (χ0n) is 12.9. The van der Waals surface area contributed by atoms with Crippen molar-refractivity contribution in [3.63, 3.8) is 0 Å². The zero-order chi connectivity index (χ0) is 16.1. The molecule has 0 aliphatic carbocycles. The molecule has 0 aromatic heterocycles. The number of ether oxygens (including phenoxy) is 1. The highest BCUT2D eigenvalue weighted by Crippen LogP contribution is 2.12. The highest BCUT2D eigenvalue weighted by atomic mass is 16.5. The summed E-state index contributed by atoms with van der Waals surface area (Å²) < 4.78 is 5.09. The number of aliphatic carboxylic acids is 1. The molecule has 1 N–H and O–H groups in total. The molecule has 0 rings (SSSR count). The van der Waals surface area contributed by atoms with E-state index >= 15 is 0 Å². The van der Waals surface area contributed by atoms with Crippen molar-refractivity contribution in [3.05, 3.63) is 25.3 Å². The van der Waals surface area contributed by atoms with Crippen LogP contribution in [0.3, 0.4) is 0 Å². The van der Waals surface area contributed by atoms with E-state index in [-0.39, 0.29) is 19.4 Å². The fourth-order valence-corrected chi connectivity index (χ4v) is 2.05. The van der Waals surface area contributed by atoms with Crippen LogP contribution in [-0.2, 0) is 14.3 Å². The van der Waals surface area contributed by atoms with Crippen LogP contribution in [0.25, 0.3) is 0 Å². The number of rotatable bonds is 13. The molecule has 0 aromatic rings. The monoisotopic (exact) mass is 297 g/mol. The van der Waals surface area contributed by atoms with E-state index in [0.717, 1.165) is 25.8 Å². The SMILES string of the molecule is C=CCOC(=O)C(CCC(=O)O)N(CC=C)CCCCC. The summed E-state index contributed by atoms with van der Waals surface area (Å²) in [6.45, 7) is 10.7. The lowest BCUT2D eigenvalue weighted by Crippen LogP contribution is -2.43. The van der Waals surface area contributed by atoms with Gasteiger partial charge < -0.3 is 9.84 Å². The van der Waals surface area contributed by atoms with Crippen molar-refractivity contribution in [3.8, 4) is 0 Å². The van der Waals surface area contributed by atoms with E-state index in [1.165, 1.54) is 6.08 Å². The van der Waals surface area contributed by atoms with Gasteiger partial charge in [0.15, 0.2) is 0 Å². The molecule has 0 amide bonds. The molecule has 0 aliphatic rings. The van der Waals surface area contributed by atoms with Crippen molar-refractivity contribution < 1.29 is 19.4 Å². The molecule has 5 heteroatoms. The summed E-state index contributed by atoms with van der Waals surface area (Å²) >= 11 is 0. The molecule has 1 atom stereocenters. The summed E-state index contributed by atoms with van der Waals surface area (Å²) in [6, 6.07) is -0.545. The average Bonchev–Trinajstić information content (AvgIpc) is 2.45. The maximum Gasteiger partial charge on any atom is 0.323 e. The smallest absolute Gasteiger partial charge is 0.323 e. The predicted molar refractivity (Wildman–Crippen MR) is 83.1 cm³/mol. The van der Waals surface area contributed by atoms with Crippen molar-refractivity contribution in [2.45, 2.75) is 45.1 Å². The quantitative estimate of drug-likeness (QED) is 0.321. The number of carbonyl (C=O) groups excluding carboxylic acids is 1. The lowest BCUT2D eigenvalue weighted by molar-refractivity contribution is -0.149. The number of carboxylic acid groups (broad SMARTS) is 1. The lowest BCUT2D eigenvalue weighted by atomic mass is 10.1. The summed E-state index contributed by atoms with van der Waals surface area (Å²) in [5.41, 5.74) is 0.